The predicted molar refractivity (Wildman–Crippen MR) is 122 cm³/mol. The molecule has 2 aliphatic rings. The van der Waals surface area contributed by atoms with Gasteiger partial charge in [-0.3, -0.25) is 0 Å². The van der Waals surface area contributed by atoms with E-state index in [0.29, 0.717) is 0 Å². The predicted octanol–water partition coefficient (Wildman–Crippen LogP) is 5.67. The molecule has 0 aliphatic heterocycles. The number of rotatable bonds is 2. The Morgan fingerprint density at radius 2 is 1.03 bits per heavy atom. The van der Waals surface area contributed by atoms with Crippen LogP contribution < -0.4 is 0 Å². The Morgan fingerprint density at radius 1 is 0.469 bits per heavy atom. The zero-order valence-corrected chi connectivity index (χ0v) is 17.2. The molecule has 4 heteroatoms. The van der Waals surface area contributed by atoms with Crippen LogP contribution in [0.25, 0.3) is 0 Å². The molecular formula is C28H22O4. The summed E-state index contributed by atoms with van der Waals surface area (Å²) in [6, 6.07) is 26.1. The fraction of sp³-hybridized carbons (Fsp3) is 0.143. The maximum absolute atomic E-state index is 11.0. The van der Waals surface area contributed by atoms with E-state index in [9.17, 15) is 20.4 Å². The minimum absolute atomic E-state index is 0.0204. The SMILES string of the molecule is Oc1ccc(C2C3c4ccccc4[C@@H](c4ccc(O)cc4)C2c2cc(O)cc(O)c23)cc1. The number of benzene rings is 4. The molecule has 0 saturated heterocycles. The standard InChI is InChI=1S/C28H22O4/c29-17-9-5-15(6-10-17)24-20-3-1-2-4-21(20)27-25(16-7-11-18(30)12-8-16)28(24)22-13-19(31)14-23(32)26(22)27/h1-14,24-25,27-32H/t24-,25?,27?,28?/m1/s1. The van der Waals surface area contributed by atoms with E-state index in [1.165, 1.54) is 11.6 Å². The highest BCUT2D eigenvalue weighted by molar-refractivity contribution is 5.65. The van der Waals surface area contributed by atoms with Gasteiger partial charge in [0.15, 0.2) is 0 Å². The molecule has 0 aromatic heterocycles. The summed E-state index contributed by atoms with van der Waals surface area (Å²) in [7, 11) is 0. The van der Waals surface area contributed by atoms with E-state index in [1.54, 1.807) is 30.3 Å². The maximum atomic E-state index is 11.0. The Bertz CT molecular complexity index is 1320. The molecule has 3 unspecified atom stereocenters. The largest absolute Gasteiger partial charge is 0.508 e. The highest BCUT2D eigenvalue weighted by atomic mass is 16.3. The zero-order valence-electron chi connectivity index (χ0n) is 17.2. The maximum Gasteiger partial charge on any atom is 0.123 e. The first-order valence-electron chi connectivity index (χ1n) is 10.8. The molecule has 4 aromatic carbocycles. The van der Waals surface area contributed by atoms with Crippen molar-refractivity contribution in [3.8, 4) is 23.0 Å². The van der Waals surface area contributed by atoms with Gasteiger partial charge in [0.1, 0.15) is 23.0 Å². The van der Waals surface area contributed by atoms with Crippen LogP contribution in [-0.2, 0) is 0 Å². The van der Waals surface area contributed by atoms with E-state index in [1.807, 2.05) is 36.4 Å². The number of phenols is 4. The van der Waals surface area contributed by atoms with Gasteiger partial charge in [-0.15, -0.1) is 0 Å². The lowest BCUT2D eigenvalue weighted by Gasteiger charge is -2.39. The summed E-state index contributed by atoms with van der Waals surface area (Å²) in [5, 5.41) is 41.1. The van der Waals surface area contributed by atoms with Crippen molar-refractivity contribution < 1.29 is 20.4 Å². The fourth-order valence-corrected chi connectivity index (χ4v) is 6.01. The number of hydrogen-bond acceptors (Lipinski definition) is 4. The van der Waals surface area contributed by atoms with Crippen LogP contribution in [0.3, 0.4) is 0 Å². The van der Waals surface area contributed by atoms with Gasteiger partial charge in [0.25, 0.3) is 0 Å². The smallest absolute Gasteiger partial charge is 0.123 e. The molecule has 0 saturated carbocycles. The third-order valence-corrected chi connectivity index (χ3v) is 7.15. The number of hydrogen-bond donors (Lipinski definition) is 4. The van der Waals surface area contributed by atoms with Gasteiger partial charge in [0.2, 0.25) is 0 Å². The first-order valence-corrected chi connectivity index (χ1v) is 10.8. The average molecular weight is 422 g/mol. The van der Waals surface area contributed by atoms with Gasteiger partial charge in [-0.25, -0.2) is 0 Å². The molecule has 158 valence electrons. The molecule has 0 heterocycles. The molecule has 32 heavy (non-hydrogen) atoms. The molecule has 4 N–H and O–H groups in total. The molecule has 0 spiro atoms. The lowest BCUT2D eigenvalue weighted by Crippen LogP contribution is -2.25. The average Bonchev–Trinajstić information content (AvgIpc) is 3.05. The van der Waals surface area contributed by atoms with Crippen LogP contribution in [0, 0.1) is 0 Å². The van der Waals surface area contributed by atoms with Crippen molar-refractivity contribution in [2.24, 2.45) is 0 Å². The first kappa shape index (κ1) is 18.8. The van der Waals surface area contributed by atoms with Crippen molar-refractivity contribution in [1.82, 2.24) is 0 Å². The van der Waals surface area contributed by atoms with Crippen molar-refractivity contribution in [1.29, 1.82) is 0 Å². The van der Waals surface area contributed by atoms with E-state index < -0.39 is 0 Å². The lowest BCUT2D eigenvalue weighted by atomic mass is 9.63. The van der Waals surface area contributed by atoms with Gasteiger partial charge in [0.05, 0.1) is 0 Å². The zero-order chi connectivity index (χ0) is 22.0. The quantitative estimate of drug-likeness (QED) is 0.336. The van der Waals surface area contributed by atoms with E-state index in [-0.39, 0.29) is 46.7 Å². The Hall–Kier alpha value is -3.92. The van der Waals surface area contributed by atoms with Gasteiger partial charge in [-0.2, -0.15) is 0 Å². The number of aromatic hydroxyl groups is 4. The topological polar surface area (TPSA) is 80.9 Å². The summed E-state index contributed by atoms with van der Waals surface area (Å²) in [6.07, 6.45) is 0. The van der Waals surface area contributed by atoms with Crippen LogP contribution in [0.2, 0.25) is 0 Å². The van der Waals surface area contributed by atoms with Crippen molar-refractivity contribution in [2.45, 2.75) is 23.7 Å². The van der Waals surface area contributed by atoms with Crippen LogP contribution in [0.4, 0.5) is 0 Å². The van der Waals surface area contributed by atoms with Gasteiger partial charge in [0, 0.05) is 35.3 Å². The molecule has 2 aliphatic carbocycles. The summed E-state index contributed by atoms with van der Waals surface area (Å²) in [4.78, 5) is 0. The second kappa shape index (κ2) is 6.79. The molecule has 0 radical (unpaired) electrons. The van der Waals surface area contributed by atoms with Crippen molar-refractivity contribution >= 4 is 0 Å². The number of fused-ring (bicyclic) bond motifs is 7. The minimum atomic E-state index is -0.0651. The van der Waals surface area contributed by atoms with Crippen molar-refractivity contribution in [2.75, 3.05) is 0 Å². The minimum Gasteiger partial charge on any atom is -0.508 e. The summed E-state index contributed by atoms with van der Waals surface area (Å²) >= 11 is 0. The molecule has 2 bridgehead atoms. The highest BCUT2D eigenvalue weighted by Gasteiger charge is 2.52. The molecule has 4 aromatic rings. The van der Waals surface area contributed by atoms with E-state index in [0.717, 1.165) is 27.8 Å². The first-order chi connectivity index (χ1) is 15.5. The highest BCUT2D eigenvalue weighted by Crippen LogP contribution is 2.67. The van der Waals surface area contributed by atoms with Crippen LogP contribution in [0.5, 0.6) is 23.0 Å². The molecule has 4 nitrogen and oxygen atoms in total. The summed E-state index contributed by atoms with van der Waals surface area (Å²) in [6.45, 7) is 0. The van der Waals surface area contributed by atoms with Gasteiger partial charge >= 0.3 is 0 Å². The molecule has 0 fully saturated rings. The fourth-order valence-electron chi connectivity index (χ4n) is 6.01. The monoisotopic (exact) mass is 422 g/mol. The lowest BCUT2D eigenvalue weighted by molar-refractivity contribution is 0.440. The van der Waals surface area contributed by atoms with E-state index in [4.69, 9.17) is 0 Å². The molecule has 4 atom stereocenters. The summed E-state index contributed by atoms with van der Waals surface area (Å²) < 4.78 is 0. The molecular weight excluding hydrogens is 400 g/mol. The van der Waals surface area contributed by atoms with Gasteiger partial charge in [-0.1, -0.05) is 48.5 Å². The molecule has 0 amide bonds. The van der Waals surface area contributed by atoms with E-state index >= 15 is 0 Å². The Kier molecular flexibility index (Phi) is 3.99. The Morgan fingerprint density at radius 3 is 1.66 bits per heavy atom. The van der Waals surface area contributed by atoms with Crippen LogP contribution >= 0.6 is 0 Å². The summed E-state index contributed by atoms with van der Waals surface area (Å²) in [5.74, 6) is 0.487. The second-order valence-corrected chi connectivity index (χ2v) is 8.79. The summed E-state index contributed by atoms with van der Waals surface area (Å²) in [5.41, 5.74) is 6.29. The normalized spacial score (nSPS) is 22.9. The van der Waals surface area contributed by atoms with E-state index in [2.05, 4.69) is 12.1 Å². The second-order valence-electron chi connectivity index (χ2n) is 8.79. The van der Waals surface area contributed by atoms with Crippen molar-refractivity contribution in [3.63, 3.8) is 0 Å². The third kappa shape index (κ3) is 2.62. The van der Waals surface area contributed by atoms with Crippen molar-refractivity contribution in [3.05, 3.63) is 118 Å². The van der Waals surface area contributed by atoms with Gasteiger partial charge in [-0.05, 0) is 58.1 Å². The third-order valence-electron chi connectivity index (χ3n) is 7.15. The Labute approximate surface area is 185 Å². The Balaban J connectivity index is 1.68. The van der Waals surface area contributed by atoms with Crippen LogP contribution in [-0.4, -0.2) is 20.4 Å². The van der Waals surface area contributed by atoms with Crippen LogP contribution in [0.15, 0.2) is 84.9 Å². The van der Waals surface area contributed by atoms with Gasteiger partial charge < -0.3 is 20.4 Å². The van der Waals surface area contributed by atoms with Crippen LogP contribution in [0.1, 0.15) is 57.1 Å². The molecule has 6 rings (SSSR count). The number of phenolic OH excluding ortho intramolecular Hbond substituents is 4.